The summed E-state index contributed by atoms with van der Waals surface area (Å²) in [4.78, 5) is 4.22. The maximum absolute atomic E-state index is 5.90. The molecule has 0 aliphatic carbocycles. The fraction of sp³-hybridized carbons (Fsp3) is 0.0667. The summed E-state index contributed by atoms with van der Waals surface area (Å²) in [5, 5.41) is 9.16. The number of thiophene rings is 1. The van der Waals surface area contributed by atoms with E-state index in [0.717, 1.165) is 15.1 Å². The molecular weight excluding hydrogens is 338 g/mol. The zero-order chi connectivity index (χ0) is 15.5. The second-order valence-corrected chi connectivity index (χ2v) is 6.35. The molecule has 0 amide bonds. The van der Waals surface area contributed by atoms with Crippen LogP contribution in [0.3, 0.4) is 0 Å². The van der Waals surface area contributed by atoms with E-state index < -0.39 is 0 Å². The van der Waals surface area contributed by atoms with Crippen LogP contribution in [0.15, 0.2) is 42.7 Å². The Balaban J connectivity index is 1.92. The van der Waals surface area contributed by atoms with Gasteiger partial charge in [-0.05, 0) is 42.5 Å². The third-order valence-corrected chi connectivity index (χ3v) is 4.46. The molecule has 0 radical (unpaired) electrons. The van der Waals surface area contributed by atoms with E-state index in [4.69, 9.17) is 28.6 Å². The van der Waals surface area contributed by atoms with Crippen molar-refractivity contribution in [3.63, 3.8) is 0 Å². The minimum Gasteiger partial charge on any atom is -0.455 e. The van der Waals surface area contributed by atoms with Crippen molar-refractivity contribution in [1.82, 2.24) is 10.3 Å². The van der Waals surface area contributed by atoms with E-state index in [0.29, 0.717) is 21.6 Å². The molecule has 0 fully saturated rings. The minimum atomic E-state index is 0.569. The van der Waals surface area contributed by atoms with Gasteiger partial charge >= 0.3 is 0 Å². The van der Waals surface area contributed by atoms with Crippen molar-refractivity contribution in [3.05, 3.63) is 47.7 Å². The molecule has 112 valence electrons. The van der Waals surface area contributed by atoms with E-state index in [2.05, 4.69) is 15.6 Å². The molecule has 22 heavy (non-hydrogen) atoms. The highest BCUT2D eigenvalue weighted by Gasteiger charge is 2.09. The fourth-order valence-electron chi connectivity index (χ4n) is 1.88. The van der Waals surface area contributed by atoms with Gasteiger partial charge < -0.3 is 15.4 Å². The first kappa shape index (κ1) is 15.0. The zero-order valence-corrected chi connectivity index (χ0v) is 14.0. The molecule has 0 saturated heterocycles. The maximum Gasteiger partial charge on any atom is 0.171 e. The van der Waals surface area contributed by atoms with Gasteiger partial charge in [-0.3, -0.25) is 4.98 Å². The first-order valence-corrected chi connectivity index (χ1v) is 8.05. The predicted molar refractivity (Wildman–Crippen MR) is 96.4 cm³/mol. The molecule has 2 N–H and O–H groups in total. The number of thiocarbonyl (C=S) groups is 1. The van der Waals surface area contributed by atoms with Gasteiger partial charge in [-0.15, -0.1) is 11.3 Å². The van der Waals surface area contributed by atoms with Crippen molar-refractivity contribution in [1.29, 1.82) is 0 Å². The third kappa shape index (κ3) is 3.30. The van der Waals surface area contributed by atoms with Gasteiger partial charge in [0.1, 0.15) is 5.75 Å². The van der Waals surface area contributed by atoms with Crippen LogP contribution in [0.5, 0.6) is 11.5 Å². The van der Waals surface area contributed by atoms with Crippen molar-refractivity contribution in [2.45, 2.75) is 0 Å². The molecule has 0 unspecified atom stereocenters. The molecule has 0 spiro atoms. The molecule has 7 heteroatoms. The Bertz CT molecular complexity index is 817. The fourth-order valence-corrected chi connectivity index (χ4v) is 3.13. The minimum absolute atomic E-state index is 0.569. The normalized spacial score (nSPS) is 10.5. The van der Waals surface area contributed by atoms with Gasteiger partial charge in [0.05, 0.1) is 15.9 Å². The number of pyridine rings is 1. The van der Waals surface area contributed by atoms with Crippen LogP contribution >= 0.6 is 35.2 Å². The van der Waals surface area contributed by atoms with Crippen LogP contribution in [0, 0.1) is 0 Å². The van der Waals surface area contributed by atoms with Gasteiger partial charge in [-0.2, -0.15) is 0 Å². The molecule has 0 atom stereocenters. The Kier molecular flexibility index (Phi) is 4.42. The van der Waals surface area contributed by atoms with Gasteiger partial charge in [0.25, 0.3) is 0 Å². The van der Waals surface area contributed by atoms with Crippen LogP contribution in [-0.4, -0.2) is 17.1 Å². The average Bonchev–Trinajstić information content (AvgIpc) is 2.93. The molecule has 2 heterocycles. The average molecular weight is 350 g/mol. The largest absolute Gasteiger partial charge is 0.455 e. The number of halogens is 1. The number of aromatic nitrogens is 1. The van der Waals surface area contributed by atoms with Crippen LogP contribution in [0.25, 0.3) is 10.1 Å². The molecule has 2 aromatic heterocycles. The summed E-state index contributed by atoms with van der Waals surface area (Å²) in [6.07, 6.45) is 3.51. The van der Waals surface area contributed by atoms with Gasteiger partial charge in [-0.25, -0.2) is 0 Å². The predicted octanol–water partition coefficient (Wildman–Crippen LogP) is 4.66. The molecule has 4 nitrogen and oxygen atoms in total. The van der Waals surface area contributed by atoms with Gasteiger partial charge in [0, 0.05) is 23.7 Å². The molecule has 0 bridgehead atoms. The van der Waals surface area contributed by atoms with Gasteiger partial charge in [0.2, 0.25) is 0 Å². The molecule has 0 aliphatic heterocycles. The molecule has 3 aromatic rings. The topological polar surface area (TPSA) is 46.2 Å². The highest BCUT2D eigenvalue weighted by atomic mass is 35.5. The van der Waals surface area contributed by atoms with Crippen LogP contribution in [0.2, 0.25) is 5.02 Å². The smallest absolute Gasteiger partial charge is 0.171 e. The van der Waals surface area contributed by atoms with E-state index in [1.165, 1.54) is 0 Å². The second-order valence-electron chi connectivity index (χ2n) is 4.42. The highest BCUT2D eigenvalue weighted by molar-refractivity contribution is 7.80. The number of anilines is 1. The van der Waals surface area contributed by atoms with Crippen molar-refractivity contribution in [3.8, 4) is 11.5 Å². The van der Waals surface area contributed by atoms with Crippen molar-refractivity contribution >= 4 is 55.4 Å². The van der Waals surface area contributed by atoms with Crippen LogP contribution in [0.1, 0.15) is 0 Å². The first-order chi connectivity index (χ1) is 10.7. The van der Waals surface area contributed by atoms with Crippen LogP contribution in [-0.2, 0) is 0 Å². The number of benzene rings is 1. The first-order valence-electron chi connectivity index (χ1n) is 6.45. The van der Waals surface area contributed by atoms with Crippen molar-refractivity contribution in [2.75, 3.05) is 12.4 Å². The summed E-state index contributed by atoms with van der Waals surface area (Å²) in [6.45, 7) is 0. The number of fused-ring (bicyclic) bond motifs is 1. The quantitative estimate of drug-likeness (QED) is 0.673. The van der Waals surface area contributed by atoms with Crippen molar-refractivity contribution < 1.29 is 4.74 Å². The van der Waals surface area contributed by atoms with Gasteiger partial charge in [0.15, 0.2) is 10.9 Å². The molecule has 1 aromatic carbocycles. The standard InChI is InChI=1S/C15H12ClN3OS2/c1-17-15(21)19-14-6-11-12(7-18-8-13(11)22-14)20-10-4-2-9(16)3-5-10/h2-8H,1H3,(H2,17,19,21). The Morgan fingerprint density at radius 1 is 1.27 bits per heavy atom. The highest BCUT2D eigenvalue weighted by Crippen LogP contribution is 2.36. The van der Waals surface area contributed by atoms with E-state index in [1.54, 1.807) is 36.7 Å². The van der Waals surface area contributed by atoms with E-state index in [1.807, 2.05) is 24.4 Å². The van der Waals surface area contributed by atoms with Gasteiger partial charge in [-0.1, -0.05) is 11.6 Å². The number of hydrogen-bond acceptors (Lipinski definition) is 4. The lowest BCUT2D eigenvalue weighted by atomic mass is 10.3. The number of nitrogens with zero attached hydrogens (tertiary/aromatic N) is 1. The lowest BCUT2D eigenvalue weighted by molar-refractivity contribution is 0.486. The van der Waals surface area contributed by atoms with E-state index >= 15 is 0 Å². The SMILES string of the molecule is CNC(=S)Nc1cc2c(Oc3ccc(Cl)cc3)cncc2s1. The maximum atomic E-state index is 5.90. The van der Waals surface area contributed by atoms with E-state index in [9.17, 15) is 0 Å². The number of nitrogens with one attached hydrogen (secondary N) is 2. The zero-order valence-electron chi connectivity index (χ0n) is 11.6. The summed E-state index contributed by atoms with van der Waals surface area (Å²) in [6, 6.07) is 9.22. The summed E-state index contributed by atoms with van der Waals surface area (Å²) in [7, 11) is 1.78. The summed E-state index contributed by atoms with van der Waals surface area (Å²) >= 11 is 12.6. The Hall–Kier alpha value is -1.89. The number of hydrogen-bond donors (Lipinski definition) is 2. The number of ether oxygens (including phenoxy) is 1. The number of rotatable bonds is 3. The molecule has 0 aliphatic rings. The summed E-state index contributed by atoms with van der Waals surface area (Å²) in [5.41, 5.74) is 0. The van der Waals surface area contributed by atoms with Crippen LogP contribution in [0.4, 0.5) is 5.00 Å². The molecular formula is C15H12ClN3OS2. The summed E-state index contributed by atoms with van der Waals surface area (Å²) in [5.74, 6) is 1.41. The lowest BCUT2D eigenvalue weighted by Gasteiger charge is -2.06. The van der Waals surface area contributed by atoms with Crippen molar-refractivity contribution in [2.24, 2.45) is 0 Å². The lowest BCUT2D eigenvalue weighted by Crippen LogP contribution is -2.23. The van der Waals surface area contributed by atoms with Crippen LogP contribution < -0.4 is 15.4 Å². The Labute approximate surface area is 142 Å². The Morgan fingerprint density at radius 3 is 2.77 bits per heavy atom. The third-order valence-electron chi connectivity index (χ3n) is 2.92. The monoisotopic (exact) mass is 349 g/mol. The summed E-state index contributed by atoms with van der Waals surface area (Å²) < 4.78 is 6.92. The second kappa shape index (κ2) is 6.48. The van der Waals surface area contributed by atoms with E-state index in [-0.39, 0.29) is 0 Å². The Morgan fingerprint density at radius 2 is 2.05 bits per heavy atom. The molecule has 0 saturated carbocycles. The molecule has 3 rings (SSSR count).